The predicted octanol–water partition coefficient (Wildman–Crippen LogP) is 3.40. The van der Waals surface area contributed by atoms with Gasteiger partial charge in [-0.3, -0.25) is 4.79 Å². The molecule has 1 saturated heterocycles. The summed E-state index contributed by atoms with van der Waals surface area (Å²) in [6.45, 7) is 0.477. The molecule has 0 aromatic heterocycles. The number of imide groups is 1. The lowest BCUT2D eigenvalue weighted by Crippen LogP contribution is -2.40. The van der Waals surface area contributed by atoms with Crippen molar-refractivity contribution in [3.8, 4) is 5.75 Å². The van der Waals surface area contributed by atoms with Gasteiger partial charge in [0.2, 0.25) is 0 Å². The maximum Gasteiger partial charge on any atom is 0.387 e. The Labute approximate surface area is 154 Å². The highest BCUT2D eigenvalue weighted by molar-refractivity contribution is 6.07. The van der Waals surface area contributed by atoms with Crippen molar-refractivity contribution in [3.05, 3.63) is 65.2 Å². The van der Waals surface area contributed by atoms with E-state index in [0.29, 0.717) is 5.56 Å². The summed E-state index contributed by atoms with van der Waals surface area (Å²) in [5.74, 6) is -0.608. The molecule has 3 rings (SSSR count). The molecule has 0 spiro atoms. The molecule has 1 fully saturated rings. The molecule has 2 aromatic rings. The SMILES string of the molecule is Cc1ccccc1C=NN1C(=O)N[C@@](C)(c2ccc(OC(F)F)cc2)C1=O. The molecule has 8 heteroatoms. The molecule has 140 valence electrons. The van der Waals surface area contributed by atoms with E-state index in [1.54, 1.807) is 0 Å². The van der Waals surface area contributed by atoms with Gasteiger partial charge in [0.15, 0.2) is 0 Å². The van der Waals surface area contributed by atoms with E-state index < -0.39 is 24.1 Å². The van der Waals surface area contributed by atoms with Crippen LogP contribution in [0.5, 0.6) is 5.75 Å². The molecule has 0 aliphatic carbocycles. The first-order valence-corrected chi connectivity index (χ1v) is 8.13. The van der Waals surface area contributed by atoms with Crippen LogP contribution < -0.4 is 10.1 Å². The fraction of sp³-hybridized carbons (Fsp3) is 0.211. The Morgan fingerprint density at radius 3 is 2.44 bits per heavy atom. The van der Waals surface area contributed by atoms with Gasteiger partial charge in [0.05, 0.1) is 6.21 Å². The number of benzene rings is 2. The Kier molecular flexibility index (Phi) is 4.89. The summed E-state index contributed by atoms with van der Waals surface area (Å²) < 4.78 is 28.8. The molecule has 2 aromatic carbocycles. The van der Waals surface area contributed by atoms with E-state index in [-0.39, 0.29) is 5.75 Å². The molecule has 6 nitrogen and oxygen atoms in total. The summed E-state index contributed by atoms with van der Waals surface area (Å²) in [7, 11) is 0. The van der Waals surface area contributed by atoms with E-state index >= 15 is 0 Å². The zero-order valence-corrected chi connectivity index (χ0v) is 14.6. The standard InChI is InChI=1S/C19H17F2N3O3/c1-12-5-3-4-6-13(12)11-22-24-16(25)19(2,23-18(24)26)14-7-9-15(10-8-14)27-17(20)21/h3-11,17H,1-2H3,(H,23,26)/t19-/m0/s1. The van der Waals surface area contributed by atoms with Crippen LogP contribution in [0.3, 0.4) is 0 Å². The predicted molar refractivity (Wildman–Crippen MR) is 94.6 cm³/mol. The zero-order chi connectivity index (χ0) is 19.6. The average Bonchev–Trinajstić information content (AvgIpc) is 2.84. The van der Waals surface area contributed by atoms with Gasteiger partial charge >= 0.3 is 12.6 Å². The number of carbonyl (C=O) groups is 2. The van der Waals surface area contributed by atoms with E-state index in [9.17, 15) is 18.4 Å². The minimum absolute atomic E-state index is 0.0384. The van der Waals surface area contributed by atoms with Crippen molar-refractivity contribution >= 4 is 18.2 Å². The first kappa shape index (κ1) is 18.5. The highest BCUT2D eigenvalue weighted by Crippen LogP contribution is 2.30. The number of hydrogen-bond acceptors (Lipinski definition) is 4. The molecule has 0 unspecified atom stereocenters. The largest absolute Gasteiger partial charge is 0.435 e. The number of amides is 3. The van der Waals surface area contributed by atoms with Crippen LogP contribution >= 0.6 is 0 Å². The molecule has 1 heterocycles. The van der Waals surface area contributed by atoms with E-state index in [1.165, 1.54) is 37.4 Å². The Bertz CT molecular complexity index is 899. The average molecular weight is 373 g/mol. The fourth-order valence-corrected chi connectivity index (χ4v) is 2.75. The number of halogens is 2. The topological polar surface area (TPSA) is 71.0 Å². The van der Waals surface area contributed by atoms with Crippen molar-refractivity contribution < 1.29 is 23.1 Å². The van der Waals surface area contributed by atoms with Crippen LogP contribution in [0.2, 0.25) is 0 Å². The van der Waals surface area contributed by atoms with Gasteiger partial charge in [-0.1, -0.05) is 36.4 Å². The summed E-state index contributed by atoms with van der Waals surface area (Å²) in [5.41, 5.74) is 0.797. The van der Waals surface area contributed by atoms with Crippen LogP contribution in [0.4, 0.5) is 13.6 Å². The molecular formula is C19H17F2N3O3. The third-order valence-electron chi connectivity index (χ3n) is 4.33. The maximum atomic E-state index is 12.8. The zero-order valence-electron chi connectivity index (χ0n) is 14.6. The summed E-state index contributed by atoms with van der Waals surface area (Å²) in [6, 6.07) is 12.3. The molecule has 1 aliphatic heterocycles. The Balaban J connectivity index is 1.83. The molecular weight excluding hydrogens is 356 g/mol. The lowest BCUT2D eigenvalue weighted by Gasteiger charge is -2.21. The van der Waals surface area contributed by atoms with Gasteiger partial charge in [-0.05, 0) is 42.7 Å². The van der Waals surface area contributed by atoms with E-state index in [2.05, 4.69) is 15.2 Å². The van der Waals surface area contributed by atoms with E-state index in [0.717, 1.165) is 16.1 Å². The van der Waals surface area contributed by atoms with Crippen LogP contribution in [-0.2, 0) is 10.3 Å². The number of carbonyl (C=O) groups excluding carboxylic acids is 2. The van der Waals surface area contributed by atoms with Gasteiger partial charge in [0.1, 0.15) is 11.3 Å². The maximum absolute atomic E-state index is 12.8. The number of hydrazone groups is 1. The number of urea groups is 1. The molecule has 1 aliphatic rings. The van der Waals surface area contributed by atoms with Gasteiger partial charge in [-0.15, -0.1) is 5.01 Å². The van der Waals surface area contributed by atoms with Crippen LogP contribution in [0, 0.1) is 6.92 Å². The minimum atomic E-state index is -2.94. The van der Waals surface area contributed by atoms with Crippen molar-refractivity contribution in [1.29, 1.82) is 0 Å². The van der Waals surface area contributed by atoms with E-state index in [4.69, 9.17) is 0 Å². The fourth-order valence-electron chi connectivity index (χ4n) is 2.75. The molecule has 0 bridgehead atoms. The summed E-state index contributed by atoms with van der Waals surface area (Å²) in [4.78, 5) is 25.0. The van der Waals surface area contributed by atoms with Gasteiger partial charge in [-0.2, -0.15) is 13.9 Å². The lowest BCUT2D eigenvalue weighted by atomic mass is 9.92. The second-order valence-corrected chi connectivity index (χ2v) is 6.18. The normalized spacial score (nSPS) is 19.8. The van der Waals surface area contributed by atoms with Crippen molar-refractivity contribution in [2.24, 2.45) is 5.10 Å². The number of hydrogen-bond donors (Lipinski definition) is 1. The monoisotopic (exact) mass is 373 g/mol. The van der Waals surface area contributed by atoms with Crippen molar-refractivity contribution in [1.82, 2.24) is 10.3 Å². The van der Waals surface area contributed by atoms with Gasteiger partial charge < -0.3 is 10.1 Å². The number of aryl methyl sites for hydroxylation is 1. The van der Waals surface area contributed by atoms with Crippen molar-refractivity contribution in [2.45, 2.75) is 26.0 Å². The molecule has 0 radical (unpaired) electrons. The van der Waals surface area contributed by atoms with Crippen LogP contribution in [-0.4, -0.2) is 29.8 Å². The molecule has 1 N–H and O–H groups in total. The summed E-state index contributed by atoms with van der Waals surface area (Å²) in [6.07, 6.45) is 1.44. The molecule has 3 amide bonds. The number of rotatable bonds is 5. The second kappa shape index (κ2) is 7.14. The summed E-state index contributed by atoms with van der Waals surface area (Å²) >= 11 is 0. The number of nitrogens with one attached hydrogen (secondary N) is 1. The highest BCUT2D eigenvalue weighted by atomic mass is 19.3. The third-order valence-corrected chi connectivity index (χ3v) is 4.33. The Morgan fingerprint density at radius 2 is 1.81 bits per heavy atom. The smallest absolute Gasteiger partial charge is 0.387 e. The Morgan fingerprint density at radius 1 is 1.15 bits per heavy atom. The van der Waals surface area contributed by atoms with Gasteiger partial charge in [-0.25, -0.2) is 4.79 Å². The van der Waals surface area contributed by atoms with Crippen LogP contribution in [0.15, 0.2) is 53.6 Å². The van der Waals surface area contributed by atoms with Gasteiger partial charge in [0, 0.05) is 0 Å². The molecule has 0 saturated carbocycles. The highest BCUT2D eigenvalue weighted by Gasteiger charge is 2.49. The van der Waals surface area contributed by atoms with Crippen LogP contribution in [0.25, 0.3) is 0 Å². The number of ether oxygens (including phenoxy) is 1. The summed E-state index contributed by atoms with van der Waals surface area (Å²) in [5, 5.41) is 7.37. The first-order valence-electron chi connectivity index (χ1n) is 8.13. The minimum Gasteiger partial charge on any atom is -0.435 e. The first-order chi connectivity index (χ1) is 12.8. The van der Waals surface area contributed by atoms with E-state index in [1.807, 2.05) is 31.2 Å². The van der Waals surface area contributed by atoms with Crippen LogP contribution in [0.1, 0.15) is 23.6 Å². The van der Waals surface area contributed by atoms with Crippen molar-refractivity contribution in [2.75, 3.05) is 0 Å². The molecule has 1 atom stereocenters. The third kappa shape index (κ3) is 3.64. The van der Waals surface area contributed by atoms with Gasteiger partial charge in [0.25, 0.3) is 5.91 Å². The van der Waals surface area contributed by atoms with Crippen molar-refractivity contribution in [3.63, 3.8) is 0 Å². The Hall–Kier alpha value is -3.29. The molecule has 27 heavy (non-hydrogen) atoms. The lowest BCUT2D eigenvalue weighted by molar-refractivity contribution is -0.131. The quantitative estimate of drug-likeness (QED) is 0.645. The number of nitrogens with zero attached hydrogens (tertiary/aromatic N) is 2. The number of alkyl halides is 2. The second-order valence-electron chi connectivity index (χ2n) is 6.18.